The van der Waals surface area contributed by atoms with Gasteiger partial charge in [-0.15, -0.1) is 34.2 Å². The molecular formula is C17H26IN7O. The Balaban J connectivity index is 0.00000243. The van der Waals surface area contributed by atoms with Crippen LogP contribution < -0.4 is 20.3 Å². The SMILES string of the molecule is CN=C(NCc1nncn1C)NC1CCN(c2ccccc2OC)C1.I. The molecule has 0 aliphatic carbocycles. The number of hydrogen-bond donors (Lipinski definition) is 2. The summed E-state index contributed by atoms with van der Waals surface area (Å²) in [7, 11) is 5.41. The number of anilines is 1. The lowest BCUT2D eigenvalue weighted by atomic mass is 10.2. The van der Waals surface area contributed by atoms with Crippen LogP contribution in [0.15, 0.2) is 35.6 Å². The van der Waals surface area contributed by atoms with E-state index in [1.807, 2.05) is 29.8 Å². The van der Waals surface area contributed by atoms with Crippen LogP contribution in [0.4, 0.5) is 5.69 Å². The molecule has 2 aromatic rings. The van der Waals surface area contributed by atoms with Gasteiger partial charge in [0.1, 0.15) is 12.1 Å². The molecular weight excluding hydrogens is 445 g/mol. The number of nitrogens with one attached hydrogen (secondary N) is 2. The molecule has 3 rings (SSSR count). The van der Waals surface area contributed by atoms with Crippen molar-refractivity contribution in [1.82, 2.24) is 25.4 Å². The van der Waals surface area contributed by atoms with Gasteiger partial charge in [0.25, 0.3) is 0 Å². The lowest BCUT2D eigenvalue weighted by Gasteiger charge is -2.22. The first-order chi connectivity index (χ1) is 12.2. The summed E-state index contributed by atoms with van der Waals surface area (Å²) in [6.07, 6.45) is 2.73. The normalized spacial score (nSPS) is 17.0. The van der Waals surface area contributed by atoms with Crippen LogP contribution in [0.2, 0.25) is 0 Å². The number of benzene rings is 1. The number of methoxy groups -OCH3 is 1. The molecule has 2 heterocycles. The molecule has 1 atom stereocenters. The number of aliphatic imine (C=N–C) groups is 1. The Kier molecular flexibility index (Phi) is 7.49. The van der Waals surface area contributed by atoms with E-state index in [1.165, 1.54) is 0 Å². The standard InChI is InChI=1S/C17H25N7O.HI/c1-18-17(19-10-16-22-20-12-23(16)2)21-13-8-9-24(11-13)14-6-4-5-7-15(14)25-3;/h4-7,12-13H,8-11H2,1-3H3,(H2,18,19,21);1H. The van der Waals surface area contributed by atoms with E-state index in [0.717, 1.165) is 42.7 Å². The van der Waals surface area contributed by atoms with Crippen molar-refractivity contribution in [3.63, 3.8) is 0 Å². The first kappa shape index (κ1) is 20.3. The predicted molar refractivity (Wildman–Crippen MR) is 113 cm³/mol. The van der Waals surface area contributed by atoms with Gasteiger partial charge in [-0.3, -0.25) is 4.99 Å². The third kappa shape index (κ3) is 4.77. The van der Waals surface area contributed by atoms with Gasteiger partial charge in [-0.25, -0.2) is 0 Å². The van der Waals surface area contributed by atoms with E-state index in [1.54, 1.807) is 20.5 Å². The van der Waals surface area contributed by atoms with E-state index in [2.05, 4.69) is 36.8 Å². The van der Waals surface area contributed by atoms with E-state index in [9.17, 15) is 0 Å². The fourth-order valence-electron chi connectivity index (χ4n) is 3.01. The smallest absolute Gasteiger partial charge is 0.191 e. The van der Waals surface area contributed by atoms with Crippen LogP contribution in [0.3, 0.4) is 0 Å². The van der Waals surface area contributed by atoms with Crippen LogP contribution >= 0.6 is 24.0 Å². The van der Waals surface area contributed by atoms with Gasteiger partial charge in [0.2, 0.25) is 0 Å². The Morgan fingerprint density at radius 2 is 2.19 bits per heavy atom. The molecule has 1 saturated heterocycles. The Hall–Kier alpha value is -2.04. The van der Waals surface area contributed by atoms with Crippen molar-refractivity contribution in [2.75, 3.05) is 32.1 Å². The number of guanidine groups is 1. The third-order valence-corrected chi connectivity index (χ3v) is 4.40. The average molecular weight is 471 g/mol. The van der Waals surface area contributed by atoms with Gasteiger partial charge in [-0.05, 0) is 18.6 Å². The highest BCUT2D eigenvalue weighted by atomic mass is 127. The van der Waals surface area contributed by atoms with Gasteiger partial charge >= 0.3 is 0 Å². The Morgan fingerprint density at radius 3 is 2.88 bits per heavy atom. The summed E-state index contributed by atoms with van der Waals surface area (Å²) in [5.41, 5.74) is 1.14. The maximum atomic E-state index is 5.47. The zero-order valence-corrected chi connectivity index (χ0v) is 17.7. The predicted octanol–water partition coefficient (Wildman–Crippen LogP) is 1.39. The molecule has 0 radical (unpaired) electrons. The molecule has 142 valence electrons. The maximum absolute atomic E-state index is 5.47. The minimum Gasteiger partial charge on any atom is -0.495 e. The van der Waals surface area contributed by atoms with Crippen LogP contribution in [0.25, 0.3) is 0 Å². The number of nitrogens with zero attached hydrogens (tertiary/aromatic N) is 5. The van der Waals surface area contributed by atoms with Crippen molar-refractivity contribution in [1.29, 1.82) is 0 Å². The lowest BCUT2D eigenvalue weighted by molar-refractivity contribution is 0.415. The van der Waals surface area contributed by atoms with Crippen molar-refractivity contribution < 1.29 is 4.74 Å². The molecule has 1 aromatic heterocycles. The lowest BCUT2D eigenvalue weighted by Crippen LogP contribution is -2.44. The van der Waals surface area contributed by atoms with Gasteiger partial charge in [0.15, 0.2) is 11.8 Å². The number of rotatable bonds is 5. The van der Waals surface area contributed by atoms with Gasteiger partial charge in [0.05, 0.1) is 19.3 Å². The molecule has 0 spiro atoms. The van der Waals surface area contributed by atoms with Crippen molar-refractivity contribution in [2.24, 2.45) is 12.0 Å². The second-order valence-corrected chi connectivity index (χ2v) is 6.03. The largest absolute Gasteiger partial charge is 0.495 e. The molecule has 2 N–H and O–H groups in total. The monoisotopic (exact) mass is 471 g/mol. The molecule has 9 heteroatoms. The van der Waals surface area contributed by atoms with E-state index >= 15 is 0 Å². The molecule has 8 nitrogen and oxygen atoms in total. The van der Waals surface area contributed by atoms with Crippen LogP contribution in [0.1, 0.15) is 12.2 Å². The molecule has 1 fully saturated rings. The third-order valence-electron chi connectivity index (χ3n) is 4.40. The van der Waals surface area contributed by atoms with Gasteiger partial charge < -0.3 is 24.8 Å². The van der Waals surface area contributed by atoms with Crippen molar-refractivity contribution in [2.45, 2.75) is 19.0 Å². The molecule has 1 aliphatic rings. The summed E-state index contributed by atoms with van der Waals surface area (Å²) in [5, 5.41) is 14.7. The topological polar surface area (TPSA) is 79.6 Å². The van der Waals surface area contributed by atoms with E-state index in [-0.39, 0.29) is 24.0 Å². The fourth-order valence-corrected chi connectivity index (χ4v) is 3.01. The van der Waals surface area contributed by atoms with E-state index in [0.29, 0.717) is 12.6 Å². The second kappa shape index (κ2) is 9.60. The van der Waals surface area contributed by atoms with Crippen LogP contribution in [-0.2, 0) is 13.6 Å². The summed E-state index contributed by atoms with van der Waals surface area (Å²) in [6, 6.07) is 8.46. The van der Waals surface area contributed by atoms with E-state index < -0.39 is 0 Å². The number of para-hydroxylation sites is 2. The summed E-state index contributed by atoms with van der Waals surface area (Å²) < 4.78 is 7.36. The fraction of sp³-hybridized carbons (Fsp3) is 0.471. The van der Waals surface area contributed by atoms with Crippen LogP contribution in [0.5, 0.6) is 5.75 Å². The minimum atomic E-state index is 0. The molecule has 0 bridgehead atoms. The summed E-state index contributed by atoms with van der Waals surface area (Å²) in [6.45, 7) is 2.47. The zero-order chi connectivity index (χ0) is 17.6. The average Bonchev–Trinajstić information content (AvgIpc) is 3.27. The van der Waals surface area contributed by atoms with Crippen molar-refractivity contribution in [3.8, 4) is 5.75 Å². The Morgan fingerprint density at radius 1 is 1.38 bits per heavy atom. The Bertz CT molecular complexity index is 733. The van der Waals surface area contributed by atoms with Gasteiger partial charge in [0, 0.05) is 33.2 Å². The van der Waals surface area contributed by atoms with Gasteiger partial charge in [-0.2, -0.15) is 0 Å². The molecule has 0 saturated carbocycles. The molecule has 26 heavy (non-hydrogen) atoms. The number of aromatic nitrogens is 3. The second-order valence-electron chi connectivity index (χ2n) is 6.03. The van der Waals surface area contributed by atoms with Crippen molar-refractivity contribution in [3.05, 3.63) is 36.4 Å². The minimum absolute atomic E-state index is 0. The van der Waals surface area contributed by atoms with Crippen LogP contribution in [-0.4, -0.2) is 54.0 Å². The first-order valence-corrected chi connectivity index (χ1v) is 8.39. The molecule has 1 aliphatic heterocycles. The summed E-state index contributed by atoms with van der Waals surface area (Å²) in [4.78, 5) is 6.65. The highest BCUT2D eigenvalue weighted by Gasteiger charge is 2.25. The highest BCUT2D eigenvalue weighted by molar-refractivity contribution is 14.0. The summed E-state index contributed by atoms with van der Waals surface area (Å²) >= 11 is 0. The van der Waals surface area contributed by atoms with Crippen molar-refractivity contribution >= 4 is 35.6 Å². The van der Waals surface area contributed by atoms with Crippen LogP contribution in [0, 0.1) is 0 Å². The molecule has 1 aromatic carbocycles. The molecule has 0 amide bonds. The number of ether oxygens (including phenoxy) is 1. The Labute approximate surface area is 171 Å². The highest BCUT2D eigenvalue weighted by Crippen LogP contribution is 2.30. The summed E-state index contributed by atoms with van der Waals surface area (Å²) in [5.74, 6) is 2.55. The number of hydrogen-bond acceptors (Lipinski definition) is 5. The number of halogens is 1. The molecule has 1 unspecified atom stereocenters. The quantitative estimate of drug-likeness (QED) is 0.390. The zero-order valence-electron chi connectivity index (χ0n) is 15.3. The first-order valence-electron chi connectivity index (χ1n) is 8.39. The maximum Gasteiger partial charge on any atom is 0.191 e. The van der Waals surface area contributed by atoms with E-state index in [4.69, 9.17) is 4.74 Å². The van der Waals surface area contributed by atoms with Gasteiger partial charge in [-0.1, -0.05) is 12.1 Å². The number of aryl methyl sites for hydroxylation is 1.